The van der Waals surface area contributed by atoms with Crippen LogP contribution in [-0.4, -0.2) is 41.6 Å². The van der Waals surface area contributed by atoms with E-state index in [2.05, 4.69) is 25.4 Å². The Labute approximate surface area is 206 Å². The highest BCUT2D eigenvalue weighted by molar-refractivity contribution is 5.94. The second-order valence-electron chi connectivity index (χ2n) is 8.04. The summed E-state index contributed by atoms with van der Waals surface area (Å²) < 4.78 is 58.0. The van der Waals surface area contributed by atoms with Crippen molar-refractivity contribution in [1.82, 2.24) is 34.4 Å². The second-order valence-corrected chi connectivity index (χ2v) is 8.04. The summed E-state index contributed by atoms with van der Waals surface area (Å²) in [5.74, 6) is -1.78. The topological polar surface area (TPSA) is 116 Å². The van der Waals surface area contributed by atoms with Gasteiger partial charge in [0.15, 0.2) is 5.65 Å². The summed E-state index contributed by atoms with van der Waals surface area (Å²) in [6.45, 7) is 0.838. The fraction of sp³-hybridized carbons (Fsp3) is 0.125. The van der Waals surface area contributed by atoms with Crippen LogP contribution in [0, 0.1) is 5.82 Å². The van der Waals surface area contributed by atoms with E-state index in [1.165, 1.54) is 41.2 Å². The average Bonchev–Trinajstić information content (AvgIpc) is 3.53. The number of imidazole rings is 2. The van der Waals surface area contributed by atoms with Crippen molar-refractivity contribution in [2.45, 2.75) is 12.7 Å². The Kier molecular flexibility index (Phi) is 6.03. The minimum Gasteiger partial charge on any atom is -0.383 e. The number of halogens is 4. The zero-order chi connectivity index (χ0) is 26.2. The molecule has 0 saturated carbocycles. The summed E-state index contributed by atoms with van der Waals surface area (Å²) in [5.41, 5.74) is 5.37. The molecule has 0 saturated heterocycles. The van der Waals surface area contributed by atoms with Crippen LogP contribution in [0.15, 0.2) is 67.5 Å². The van der Waals surface area contributed by atoms with Gasteiger partial charge in [-0.3, -0.25) is 4.79 Å². The number of anilines is 1. The van der Waals surface area contributed by atoms with Crippen molar-refractivity contribution < 1.29 is 22.4 Å². The number of alkyl halides is 3. The maximum Gasteiger partial charge on any atom is 0.419 e. The van der Waals surface area contributed by atoms with Crippen LogP contribution in [0.2, 0.25) is 0 Å². The first-order chi connectivity index (χ1) is 17.7. The molecule has 4 heterocycles. The predicted octanol–water partition coefficient (Wildman–Crippen LogP) is 3.82. The standard InChI is InChI=1S/C24H18F4N8O/c25-18-10-14(23(37)31-6-8-35-7-5-30-13-35)1-2-16(18)20-12-32-21-4-3-19(34-36(20)21)15-9-17(24(26,27)28)22(29)33-11-15/h1-5,7,9-13H,6,8H2,(H2,29,33)(H,31,37). The fourth-order valence-electron chi connectivity index (χ4n) is 3.74. The van der Waals surface area contributed by atoms with Crippen LogP contribution in [0.3, 0.4) is 0 Å². The molecule has 3 N–H and O–H groups in total. The van der Waals surface area contributed by atoms with Crippen LogP contribution in [0.1, 0.15) is 15.9 Å². The van der Waals surface area contributed by atoms with Crippen molar-refractivity contribution in [1.29, 1.82) is 0 Å². The van der Waals surface area contributed by atoms with Crippen molar-refractivity contribution in [3.63, 3.8) is 0 Å². The van der Waals surface area contributed by atoms with Gasteiger partial charge in [-0.15, -0.1) is 0 Å². The third-order valence-corrected chi connectivity index (χ3v) is 5.60. The Morgan fingerprint density at radius 1 is 1.08 bits per heavy atom. The summed E-state index contributed by atoms with van der Waals surface area (Å²) in [6.07, 6.45) is 2.88. The van der Waals surface area contributed by atoms with Gasteiger partial charge in [0.05, 0.1) is 29.5 Å². The summed E-state index contributed by atoms with van der Waals surface area (Å²) in [5, 5.41) is 7.06. The first-order valence-electron chi connectivity index (χ1n) is 10.9. The summed E-state index contributed by atoms with van der Waals surface area (Å²) in [6, 6.07) is 7.86. The van der Waals surface area contributed by atoms with Gasteiger partial charge >= 0.3 is 6.18 Å². The molecule has 5 aromatic rings. The van der Waals surface area contributed by atoms with Gasteiger partial charge in [0.2, 0.25) is 0 Å². The van der Waals surface area contributed by atoms with Gasteiger partial charge in [0, 0.05) is 48.4 Å². The Morgan fingerprint density at radius 2 is 1.92 bits per heavy atom. The van der Waals surface area contributed by atoms with Crippen LogP contribution in [-0.2, 0) is 12.7 Å². The largest absolute Gasteiger partial charge is 0.419 e. The maximum absolute atomic E-state index is 15.1. The fourth-order valence-corrected chi connectivity index (χ4v) is 3.74. The van der Waals surface area contributed by atoms with Gasteiger partial charge in [0.1, 0.15) is 11.6 Å². The Morgan fingerprint density at radius 3 is 2.65 bits per heavy atom. The molecule has 0 spiro atoms. The van der Waals surface area contributed by atoms with Gasteiger partial charge in [-0.25, -0.2) is 23.9 Å². The van der Waals surface area contributed by atoms with E-state index >= 15 is 4.39 Å². The quantitative estimate of drug-likeness (QED) is 0.336. The van der Waals surface area contributed by atoms with Gasteiger partial charge < -0.3 is 15.6 Å². The van der Waals surface area contributed by atoms with Crippen LogP contribution < -0.4 is 11.1 Å². The van der Waals surface area contributed by atoms with Crippen molar-refractivity contribution in [2.24, 2.45) is 0 Å². The third kappa shape index (κ3) is 4.83. The molecule has 0 unspecified atom stereocenters. The van der Waals surface area contributed by atoms with Crippen LogP contribution in [0.5, 0.6) is 0 Å². The molecule has 0 aliphatic carbocycles. The van der Waals surface area contributed by atoms with Crippen molar-refractivity contribution in [3.05, 3.63) is 84.5 Å². The molecular formula is C24H18F4N8O. The lowest BCUT2D eigenvalue weighted by atomic mass is 10.1. The summed E-state index contributed by atoms with van der Waals surface area (Å²) in [7, 11) is 0. The molecule has 1 aromatic carbocycles. The number of amides is 1. The Hall–Kier alpha value is -4.81. The maximum atomic E-state index is 15.1. The lowest BCUT2D eigenvalue weighted by molar-refractivity contribution is -0.137. The Bertz CT molecular complexity index is 1590. The van der Waals surface area contributed by atoms with Gasteiger partial charge in [0.25, 0.3) is 5.91 Å². The zero-order valence-electron chi connectivity index (χ0n) is 18.9. The minimum atomic E-state index is -4.69. The van der Waals surface area contributed by atoms with Crippen molar-refractivity contribution >= 4 is 17.4 Å². The molecule has 0 aliphatic rings. The number of fused-ring (bicyclic) bond motifs is 1. The van der Waals surface area contributed by atoms with Gasteiger partial charge in [-0.05, 0) is 36.4 Å². The SMILES string of the molecule is Nc1ncc(-c2ccc3ncc(-c4ccc(C(=O)NCCn5ccnc5)cc4F)n3n2)cc1C(F)(F)F. The van der Waals surface area contributed by atoms with E-state index in [1.54, 1.807) is 23.3 Å². The number of pyridine rings is 1. The van der Waals surface area contributed by atoms with Crippen molar-refractivity contribution in [3.8, 4) is 22.5 Å². The third-order valence-electron chi connectivity index (χ3n) is 5.60. The molecule has 0 fully saturated rings. The number of hydrogen-bond donors (Lipinski definition) is 2. The smallest absolute Gasteiger partial charge is 0.383 e. The number of benzene rings is 1. The van der Waals surface area contributed by atoms with E-state index in [9.17, 15) is 18.0 Å². The summed E-state index contributed by atoms with van der Waals surface area (Å²) in [4.78, 5) is 24.2. The molecular weight excluding hydrogens is 492 g/mol. The number of carbonyl (C=O) groups is 1. The lowest BCUT2D eigenvalue weighted by Gasteiger charge is -2.11. The van der Waals surface area contributed by atoms with Gasteiger partial charge in [-0.1, -0.05) is 0 Å². The van der Waals surface area contributed by atoms with E-state index < -0.39 is 29.3 Å². The van der Waals surface area contributed by atoms with E-state index in [1.807, 2.05) is 0 Å². The van der Waals surface area contributed by atoms with Crippen molar-refractivity contribution in [2.75, 3.05) is 12.3 Å². The highest BCUT2D eigenvalue weighted by atomic mass is 19.4. The molecule has 0 aliphatic heterocycles. The molecule has 5 rings (SSSR count). The van der Waals surface area contributed by atoms with Gasteiger partial charge in [-0.2, -0.15) is 18.3 Å². The van der Waals surface area contributed by atoms with E-state index in [4.69, 9.17) is 5.73 Å². The van der Waals surface area contributed by atoms with E-state index in [0.29, 0.717) is 18.7 Å². The van der Waals surface area contributed by atoms with E-state index in [0.717, 1.165) is 12.1 Å². The van der Waals surface area contributed by atoms with E-state index in [-0.39, 0.29) is 28.1 Å². The molecule has 0 atom stereocenters. The zero-order valence-corrected chi connectivity index (χ0v) is 18.9. The number of nitrogens with one attached hydrogen (secondary N) is 1. The Balaban J connectivity index is 1.42. The number of nitrogens with two attached hydrogens (primary N) is 1. The molecule has 13 heteroatoms. The number of aromatic nitrogens is 6. The lowest BCUT2D eigenvalue weighted by Crippen LogP contribution is -2.27. The number of carbonyl (C=O) groups excluding carboxylic acids is 1. The monoisotopic (exact) mass is 510 g/mol. The molecule has 0 radical (unpaired) electrons. The molecule has 188 valence electrons. The molecule has 37 heavy (non-hydrogen) atoms. The predicted molar refractivity (Wildman–Crippen MR) is 126 cm³/mol. The number of nitrogen functional groups attached to an aromatic ring is 1. The highest BCUT2D eigenvalue weighted by Crippen LogP contribution is 2.35. The molecule has 0 bridgehead atoms. The first-order valence-corrected chi connectivity index (χ1v) is 10.9. The van der Waals surface area contributed by atoms with Crippen LogP contribution >= 0.6 is 0 Å². The normalized spacial score (nSPS) is 11.7. The minimum absolute atomic E-state index is 0.0752. The summed E-state index contributed by atoms with van der Waals surface area (Å²) >= 11 is 0. The van der Waals surface area contributed by atoms with Crippen LogP contribution in [0.25, 0.3) is 28.2 Å². The average molecular weight is 510 g/mol. The molecule has 1 amide bonds. The number of rotatable bonds is 6. The van der Waals surface area contributed by atoms with Crippen LogP contribution in [0.4, 0.5) is 23.4 Å². The number of hydrogen-bond acceptors (Lipinski definition) is 6. The second kappa shape index (κ2) is 9.33. The molecule has 4 aromatic heterocycles. The highest BCUT2D eigenvalue weighted by Gasteiger charge is 2.34. The molecule has 9 nitrogen and oxygen atoms in total. The first kappa shape index (κ1) is 23.9. The number of nitrogens with zero attached hydrogens (tertiary/aromatic N) is 6.